The van der Waals surface area contributed by atoms with Crippen LogP contribution in [-0.2, 0) is 11.3 Å². The highest BCUT2D eigenvalue weighted by molar-refractivity contribution is 5.77. The number of aromatic nitrogens is 1. The van der Waals surface area contributed by atoms with Crippen molar-refractivity contribution in [3.8, 4) is 5.75 Å². The smallest absolute Gasteiger partial charge is 0.220 e. The van der Waals surface area contributed by atoms with Gasteiger partial charge in [0, 0.05) is 50.4 Å². The van der Waals surface area contributed by atoms with Gasteiger partial charge in [0.15, 0.2) is 0 Å². The monoisotopic (exact) mass is 405 g/mol. The molecule has 1 saturated carbocycles. The van der Waals surface area contributed by atoms with E-state index < -0.39 is 0 Å². The second-order valence-corrected chi connectivity index (χ2v) is 9.26. The van der Waals surface area contributed by atoms with Crippen LogP contribution in [0.3, 0.4) is 0 Å². The van der Waals surface area contributed by atoms with Crippen molar-refractivity contribution in [3.63, 3.8) is 0 Å². The summed E-state index contributed by atoms with van der Waals surface area (Å²) in [4.78, 5) is 19.3. The first-order valence-electron chi connectivity index (χ1n) is 11.4. The number of ether oxygens (including phenoxy) is 1. The number of fused-ring (bicyclic) bond motifs is 1. The topological polar surface area (TPSA) is 54.5 Å². The van der Waals surface area contributed by atoms with Crippen molar-refractivity contribution in [2.75, 3.05) is 13.1 Å². The Morgan fingerprint density at radius 1 is 1.13 bits per heavy atom. The van der Waals surface area contributed by atoms with Gasteiger partial charge in [0.1, 0.15) is 11.4 Å². The number of benzene rings is 1. The van der Waals surface area contributed by atoms with Crippen LogP contribution in [-0.4, -0.2) is 40.5 Å². The molecule has 5 nitrogen and oxygen atoms in total. The third kappa shape index (κ3) is 4.22. The van der Waals surface area contributed by atoms with Crippen molar-refractivity contribution >= 4 is 5.91 Å². The molecule has 0 radical (unpaired) electrons. The summed E-state index contributed by atoms with van der Waals surface area (Å²) in [5, 5.41) is 3.23. The van der Waals surface area contributed by atoms with Crippen LogP contribution in [0.4, 0.5) is 0 Å². The first kappa shape index (κ1) is 19.6. The van der Waals surface area contributed by atoms with E-state index in [-0.39, 0.29) is 17.4 Å². The van der Waals surface area contributed by atoms with Crippen molar-refractivity contribution in [2.45, 2.75) is 69.1 Å². The molecule has 5 rings (SSSR count). The first-order chi connectivity index (χ1) is 14.7. The summed E-state index contributed by atoms with van der Waals surface area (Å²) in [6.45, 7) is 3.00. The molecule has 1 aliphatic carbocycles. The van der Waals surface area contributed by atoms with Gasteiger partial charge in [-0.25, -0.2) is 0 Å². The molecule has 2 aliphatic heterocycles. The zero-order chi connectivity index (χ0) is 20.4. The minimum atomic E-state index is -0.148. The van der Waals surface area contributed by atoms with Crippen LogP contribution in [0.5, 0.6) is 5.75 Å². The van der Waals surface area contributed by atoms with Crippen LogP contribution in [0.1, 0.15) is 62.0 Å². The highest BCUT2D eigenvalue weighted by Gasteiger charge is 2.43. The Morgan fingerprint density at radius 3 is 2.63 bits per heavy atom. The van der Waals surface area contributed by atoms with Gasteiger partial charge in [0.05, 0.1) is 0 Å². The van der Waals surface area contributed by atoms with Crippen molar-refractivity contribution in [2.24, 2.45) is 0 Å². The number of nitrogens with zero attached hydrogens (tertiary/aromatic N) is 2. The van der Waals surface area contributed by atoms with E-state index in [4.69, 9.17) is 4.74 Å². The number of likely N-dealkylation sites (tertiary alicyclic amines) is 1. The van der Waals surface area contributed by atoms with Gasteiger partial charge in [-0.3, -0.25) is 14.7 Å². The molecule has 1 amide bonds. The molecular weight excluding hydrogens is 374 g/mol. The minimum Gasteiger partial charge on any atom is -0.487 e. The Labute approximate surface area is 178 Å². The largest absolute Gasteiger partial charge is 0.487 e. The predicted octanol–water partition coefficient (Wildman–Crippen LogP) is 4.04. The Kier molecular flexibility index (Phi) is 5.47. The van der Waals surface area contributed by atoms with Crippen LogP contribution in [0.15, 0.2) is 48.8 Å². The summed E-state index contributed by atoms with van der Waals surface area (Å²) >= 11 is 0. The molecule has 30 heavy (non-hydrogen) atoms. The van der Waals surface area contributed by atoms with Crippen LogP contribution in [0, 0.1) is 0 Å². The van der Waals surface area contributed by atoms with E-state index in [1.54, 1.807) is 0 Å². The molecule has 158 valence electrons. The minimum absolute atomic E-state index is 0.148. The standard InChI is InChI=1S/C25H31N3O2/c29-24(27-21-4-3-5-21)16-20-17-25(30-23-7-2-1-6-22(20)23)10-14-28(15-11-25)18-19-8-12-26-13-9-19/h1-2,6-9,12-13,20-21H,3-5,10-11,14-18H2,(H,27,29)/t20-/m0/s1. The normalized spacial score (nSPS) is 23.3. The fourth-order valence-electron chi connectivity index (χ4n) is 5.16. The van der Waals surface area contributed by atoms with Gasteiger partial charge in [-0.1, -0.05) is 18.2 Å². The molecule has 1 N–H and O–H groups in total. The lowest BCUT2D eigenvalue weighted by Crippen LogP contribution is -2.50. The zero-order valence-electron chi connectivity index (χ0n) is 17.6. The zero-order valence-corrected chi connectivity index (χ0v) is 17.6. The molecule has 1 atom stereocenters. The lowest BCUT2D eigenvalue weighted by molar-refractivity contribution is -0.123. The molecule has 1 aromatic heterocycles. The number of hydrogen-bond donors (Lipinski definition) is 1. The molecule has 5 heteroatoms. The summed E-state index contributed by atoms with van der Waals surface area (Å²) in [7, 11) is 0. The molecule has 3 heterocycles. The Morgan fingerprint density at radius 2 is 1.90 bits per heavy atom. The molecule has 0 unspecified atom stereocenters. The van der Waals surface area contributed by atoms with E-state index in [0.29, 0.717) is 12.5 Å². The third-order valence-corrected chi connectivity index (χ3v) is 7.13. The molecule has 1 aromatic carbocycles. The van der Waals surface area contributed by atoms with Crippen LogP contribution in [0.2, 0.25) is 0 Å². The number of rotatable bonds is 5. The van der Waals surface area contributed by atoms with E-state index in [2.05, 4.69) is 45.5 Å². The van der Waals surface area contributed by atoms with Gasteiger partial charge in [-0.15, -0.1) is 0 Å². The Bertz CT molecular complexity index is 873. The van der Waals surface area contributed by atoms with Gasteiger partial charge in [0.25, 0.3) is 0 Å². The number of hydrogen-bond acceptors (Lipinski definition) is 4. The first-order valence-corrected chi connectivity index (χ1v) is 11.4. The maximum Gasteiger partial charge on any atom is 0.220 e. The molecule has 2 aromatic rings. The van der Waals surface area contributed by atoms with Crippen molar-refractivity contribution in [1.82, 2.24) is 15.2 Å². The van der Waals surface area contributed by atoms with Gasteiger partial charge in [-0.2, -0.15) is 0 Å². The van der Waals surface area contributed by atoms with Crippen LogP contribution in [0.25, 0.3) is 0 Å². The summed E-state index contributed by atoms with van der Waals surface area (Å²) in [6.07, 6.45) is 10.7. The van der Waals surface area contributed by atoms with E-state index >= 15 is 0 Å². The highest BCUT2D eigenvalue weighted by Crippen LogP contribution is 2.46. The number of pyridine rings is 1. The molecule has 2 fully saturated rings. The van der Waals surface area contributed by atoms with E-state index in [1.807, 2.05) is 18.5 Å². The number of nitrogens with one attached hydrogen (secondary N) is 1. The second kappa shape index (κ2) is 8.38. The van der Waals surface area contributed by atoms with Crippen LogP contribution >= 0.6 is 0 Å². The second-order valence-electron chi connectivity index (χ2n) is 9.26. The lowest BCUT2D eigenvalue weighted by atomic mass is 9.76. The van der Waals surface area contributed by atoms with E-state index in [9.17, 15) is 4.79 Å². The number of carbonyl (C=O) groups is 1. The summed E-state index contributed by atoms with van der Waals surface area (Å²) in [5.41, 5.74) is 2.36. The average molecular weight is 406 g/mol. The van der Waals surface area contributed by atoms with Crippen LogP contribution < -0.4 is 10.1 Å². The van der Waals surface area contributed by atoms with Gasteiger partial charge < -0.3 is 10.1 Å². The van der Waals surface area contributed by atoms with Gasteiger partial charge in [0.2, 0.25) is 5.91 Å². The van der Waals surface area contributed by atoms with Crippen molar-refractivity contribution in [1.29, 1.82) is 0 Å². The lowest BCUT2D eigenvalue weighted by Gasteiger charge is -2.47. The number of carbonyl (C=O) groups excluding carboxylic acids is 1. The number of amides is 1. The Balaban J connectivity index is 1.26. The summed E-state index contributed by atoms with van der Waals surface area (Å²) < 4.78 is 6.62. The maximum atomic E-state index is 12.7. The fourth-order valence-corrected chi connectivity index (χ4v) is 5.16. The molecular formula is C25H31N3O2. The van der Waals surface area contributed by atoms with Crippen molar-refractivity contribution in [3.05, 3.63) is 59.9 Å². The Hall–Kier alpha value is -2.40. The molecule has 1 spiro atoms. The maximum absolute atomic E-state index is 12.7. The predicted molar refractivity (Wildman–Crippen MR) is 116 cm³/mol. The molecule has 1 saturated heterocycles. The molecule has 0 bridgehead atoms. The summed E-state index contributed by atoms with van der Waals surface area (Å²) in [6, 6.07) is 12.9. The quantitative estimate of drug-likeness (QED) is 0.816. The number of piperidine rings is 1. The summed E-state index contributed by atoms with van der Waals surface area (Å²) in [5.74, 6) is 1.42. The SMILES string of the molecule is O=C(C[C@H]1CC2(CCN(Cc3ccncc3)CC2)Oc2ccccc21)NC1CCC1. The van der Waals surface area contributed by atoms with E-state index in [0.717, 1.165) is 57.5 Å². The van der Waals surface area contributed by atoms with Gasteiger partial charge in [-0.05, 0) is 67.9 Å². The molecule has 3 aliphatic rings. The number of para-hydroxylation sites is 1. The average Bonchev–Trinajstić information content (AvgIpc) is 2.73. The fraction of sp³-hybridized carbons (Fsp3) is 0.520. The highest BCUT2D eigenvalue weighted by atomic mass is 16.5. The van der Waals surface area contributed by atoms with E-state index in [1.165, 1.54) is 17.5 Å². The van der Waals surface area contributed by atoms with Gasteiger partial charge >= 0.3 is 0 Å². The third-order valence-electron chi connectivity index (χ3n) is 7.13. The van der Waals surface area contributed by atoms with Crippen molar-refractivity contribution < 1.29 is 9.53 Å².